The highest BCUT2D eigenvalue weighted by molar-refractivity contribution is 7.98. The highest BCUT2D eigenvalue weighted by atomic mass is 32.2. The average Bonchev–Trinajstić information content (AvgIpc) is 2.66. The molecule has 1 aromatic rings. The Labute approximate surface area is 187 Å². The molecule has 176 valence electrons. The van der Waals surface area contributed by atoms with E-state index in [4.69, 9.17) is 27.0 Å². The molecule has 1 rings (SSSR count). The number of hydrogen-bond donors (Lipinski definition) is 5. The van der Waals surface area contributed by atoms with Gasteiger partial charge in [0, 0.05) is 6.04 Å². The first-order chi connectivity index (χ1) is 14.4. The summed E-state index contributed by atoms with van der Waals surface area (Å²) in [5.41, 5.74) is 17.3. The zero-order chi connectivity index (χ0) is 24.1. The van der Waals surface area contributed by atoms with E-state index in [-0.39, 0.29) is 17.4 Å². The summed E-state index contributed by atoms with van der Waals surface area (Å²) in [5, 5.41) is 17.6. The smallest absolute Gasteiger partial charge is 0.336 e. The molecule has 0 aliphatic heterocycles. The summed E-state index contributed by atoms with van der Waals surface area (Å²) in [6.45, 7) is 5.69. The van der Waals surface area contributed by atoms with Gasteiger partial charge in [-0.25, -0.2) is 9.59 Å². The summed E-state index contributed by atoms with van der Waals surface area (Å²) in [6.07, 6.45) is 3.42. The zero-order valence-electron chi connectivity index (χ0n) is 18.5. The van der Waals surface area contributed by atoms with Crippen molar-refractivity contribution in [3.05, 3.63) is 29.3 Å². The normalized spacial score (nSPS) is 13.5. The van der Waals surface area contributed by atoms with Crippen LogP contribution in [0.5, 0.6) is 5.75 Å². The number of thioether (sulfide) groups is 1. The highest BCUT2D eigenvalue weighted by Gasteiger charge is 2.18. The van der Waals surface area contributed by atoms with Gasteiger partial charge in [-0.2, -0.15) is 11.8 Å². The first kappa shape index (κ1) is 28.9. The SMILES string of the molecule is CC(C)C[C@H](N)C(=O)O.CSCC[C@H](N)C(=O)Oc1ccc(C[C@@H](C)N)c(C(=O)O)c1. The van der Waals surface area contributed by atoms with Crippen molar-refractivity contribution in [2.45, 2.75) is 58.2 Å². The number of carboxylic acid groups (broad SMARTS) is 2. The highest BCUT2D eigenvalue weighted by Crippen LogP contribution is 2.20. The van der Waals surface area contributed by atoms with Crippen molar-refractivity contribution in [3.63, 3.8) is 0 Å². The third-order valence-electron chi connectivity index (χ3n) is 4.05. The summed E-state index contributed by atoms with van der Waals surface area (Å²) >= 11 is 1.59. The summed E-state index contributed by atoms with van der Waals surface area (Å²) in [6, 6.07) is 2.94. The first-order valence-corrected chi connectivity index (χ1v) is 11.3. The van der Waals surface area contributed by atoms with E-state index in [0.717, 1.165) is 5.75 Å². The molecule has 0 bridgehead atoms. The van der Waals surface area contributed by atoms with Gasteiger partial charge >= 0.3 is 17.9 Å². The number of carbonyl (C=O) groups excluding carboxylic acids is 1. The van der Waals surface area contributed by atoms with Crippen LogP contribution < -0.4 is 21.9 Å². The van der Waals surface area contributed by atoms with Crippen molar-refractivity contribution in [3.8, 4) is 5.75 Å². The van der Waals surface area contributed by atoms with Crippen LogP contribution in [0.2, 0.25) is 0 Å². The zero-order valence-corrected chi connectivity index (χ0v) is 19.4. The Kier molecular flexibility index (Phi) is 13.8. The second-order valence-corrected chi connectivity index (χ2v) is 8.67. The number of aliphatic carboxylic acids is 1. The number of carboxylic acids is 2. The lowest BCUT2D eigenvalue weighted by Crippen LogP contribution is -2.34. The molecule has 10 heteroatoms. The molecule has 31 heavy (non-hydrogen) atoms. The van der Waals surface area contributed by atoms with Crippen LogP contribution >= 0.6 is 11.8 Å². The van der Waals surface area contributed by atoms with Crippen LogP contribution in [-0.4, -0.2) is 58.3 Å². The van der Waals surface area contributed by atoms with Crippen LogP contribution in [0.15, 0.2) is 18.2 Å². The molecule has 0 amide bonds. The van der Waals surface area contributed by atoms with E-state index in [1.807, 2.05) is 20.1 Å². The van der Waals surface area contributed by atoms with E-state index in [2.05, 4.69) is 0 Å². The van der Waals surface area contributed by atoms with E-state index in [1.165, 1.54) is 6.07 Å². The van der Waals surface area contributed by atoms with Crippen molar-refractivity contribution >= 4 is 29.7 Å². The molecule has 0 heterocycles. The molecule has 3 atom stereocenters. The molecule has 9 nitrogen and oxygen atoms in total. The summed E-state index contributed by atoms with van der Waals surface area (Å²) in [5.74, 6) is -1.27. The monoisotopic (exact) mass is 457 g/mol. The molecular formula is C21H35N3O6S. The fraction of sp³-hybridized carbons (Fsp3) is 0.571. The van der Waals surface area contributed by atoms with Gasteiger partial charge in [0.2, 0.25) is 0 Å². The number of aromatic carboxylic acids is 1. The third-order valence-corrected chi connectivity index (χ3v) is 4.69. The lowest BCUT2D eigenvalue weighted by molar-refractivity contribution is -0.139. The molecule has 0 aliphatic carbocycles. The minimum Gasteiger partial charge on any atom is -0.480 e. The fourth-order valence-electron chi connectivity index (χ4n) is 2.51. The van der Waals surface area contributed by atoms with Gasteiger partial charge in [0.15, 0.2) is 0 Å². The first-order valence-electron chi connectivity index (χ1n) is 9.95. The number of benzene rings is 1. The summed E-state index contributed by atoms with van der Waals surface area (Å²) in [4.78, 5) is 33.3. The molecule has 1 aromatic carbocycles. The van der Waals surface area contributed by atoms with Crippen LogP contribution in [0.3, 0.4) is 0 Å². The van der Waals surface area contributed by atoms with Crippen LogP contribution in [0.25, 0.3) is 0 Å². The van der Waals surface area contributed by atoms with Gasteiger partial charge in [-0.3, -0.25) is 4.79 Å². The van der Waals surface area contributed by atoms with Gasteiger partial charge < -0.3 is 32.2 Å². The van der Waals surface area contributed by atoms with E-state index >= 15 is 0 Å². The molecule has 0 spiro atoms. The number of hydrogen-bond acceptors (Lipinski definition) is 8. The number of nitrogens with two attached hydrogens (primary N) is 3. The van der Waals surface area contributed by atoms with E-state index in [9.17, 15) is 19.5 Å². The Morgan fingerprint density at radius 2 is 1.68 bits per heavy atom. The van der Waals surface area contributed by atoms with Gasteiger partial charge in [-0.05, 0) is 61.8 Å². The average molecular weight is 458 g/mol. The molecule has 0 fully saturated rings. The van der Waals surface area contributed by atoms with Crippen LogP contribution in [0.4, 0.5) is 0 Å². The topological polar surface area (TPSA) is 179 Å². The Morgan fingerprint density at radius 1 is 1.06 bits per heavy atom. The van der Waals surface area contributed by atoms with Crippen LogP contribution in [0.1, 0.15) is 49.5 Å². The third kappa shape index (κ3) is 12.3. The molecule has 0 aromatic heterocycles. The predicted octanol–water partition coefficient (Wildman–Crippen LogP) is 1.70. The maximum atomic E-state index is 11.8. The fourth-order valence-corrected chi connectivity index (χ4v) is 3.00. The van der Waals surface area contributed by atoms with Crippen LogP contribution in [0, 0.1) is 5.92 Å². The Balaban J connectivity index is 0.000000842. The van der Waals surface area contributed by atoms with Crippen molar-refractivity contribution in [2.75, 3.05) is 12.0 Å². The van der Waals surface area contributed by atoms with E-state index in [0.29, 0.717) is 30.7 Å². The number of esters is 1. The minimum atomic E-state index is -1.08. The molecule has 0 unspecified atom stereocenters. The lowest BCUT2D eigenvalue weighted by Gasteiger charge is -2.13. The summed E-state index contributed by atoms with van der Waals surface area (Å²) < 4.78 is 5.16. The predicted molar refractivity (Wildman–Crippen MR) is 122 cm³/mol. The lowest BCUT2D eigenvalue weighted by atomic mass is 10.0. The minimum absolute atomic E-state index is 0.0836. The van der Waals surface area contributed by atoms with Gasteiger partial charge in [0.05, 0.1) is 5.56 Å². The van der Waals surface area contributed by atoms with E-state index in [1.54, 1.807) is 30.8 Å². The van der Waals surface area contributed by atoms with Gasteiger partial charge in [0.25, 0.3) is 0 Å². The van der Waals surface area contributed by atoms with Gasteiger partial charge in [-0.15, -0.1) is 0 Å². The number of carbonyl (C=O) groups is 3. The largest absolute Gasteiger partial charge is 0.480 e. The molecule has 0 saturated carbocycles. The summed E-state index contributed by atoms with van der Waals surface area (Å²) in [7, 11) is 0. The van der Waals surface area contributed by atoms with Crippen molar-refractivity contribution in [1.29, 1.82) is 0 Å². The second kappa shape index (κ2) is 14.8. The van der Waals surface area contributed by atoms with Crippen molar-refractivity contribution in [1.82, 2.24) is 0 Å². The molecule has 8 N–H and O–H groups in total. The molecule has 0 saturated heterocycles. The molecule has 0 radical (unpaired) electrons. The van der Waals surface area contributed by atoms with E-state index < -0.39 is 30.0 Å². The standard InChI is InChI=1S/C15H22N2O4S.C6H13NO2/c1-9(16)7-10-3-4-11(8-12(10)14(18)19)21-15(20)13(17)5-6-22-2;1-4(2)3-5(7)6(8)9/h3-4,8-9,13H,5-7,16-17H2,1-2H3,(H,18,19);4-5H,3,7H2,1-2H3,(H,8,9)/t9-,13+;5-/m10/s1. The number of ether oxygens (including phenoxy) is 1. The quantitative estimate of drug-likeness (QED) is 0.242. The Morgan fingerprint density at radius 3 is 2.10 bits per heavy atom. The van der Waals surface area contributed by atoms with Crippen LogP contribution in [-0.2, 0) is 16.0 Å². The maximum Gasteiger partial charge on any atom is 0.336 e. The Bertz CT molecular complexity index is 727. The van der Waals surface area contributed by atoms with Gasteiger partial charge in [0.1, 0.15) is 17.8 Å². The number of rotatable bonds is 11. The maximum absolute atomic E-state index is 11.8. The van der Waals surface area contributed by atoms with Crippen molar-refractivity contribution < 1.29 is 29.3 Å². The second-order valence-electron chi connectivity index (χ2n) is 7.69. The molecule has 0 aliphatic rings. The molecular weight excluding hydrogens is 422 g/mol. The van der Waals surface area contributed by atoms with Crippen molar-refractivity contribution in [2.24, 2.45) is 23.1 Å². The van der Waals surface area contributed by atoms with Gasteiger partial charge in [-0.1, -0.05) is 19.9 Å². The Hall–Kier alpha value is -2.14.